The van der Waals surface area contributed by atoms with E-state index < -0.39 is 0 Å². The van der Waals surface area contributed by atoms with E-state index in [-0.39, 0.29) is 14.9 Å². The van der Waals surface area contributed by atoms with Gasteiger partial charge in [0.2, 0.25) is 0 Å². The van der Waals surface area contributed by atoms with Crippen LogP contribution in [0.1, 0.15) is 169 Å². The summed E-state index contributed by atoms with van der Waals surface area (Å²) in [6.45, 7) is 35.9. The molecule has 0 saturated carbocycles. The molecule has 3 heteroatoms. The molecule has 0 heterocycles. The molecule has 0 aliphatic rings. The van der Waals surface area contributed by atoms with Crippen LogP contribution >= 0.6 is 0 Å². The summed E-state index contributed by atoms with van der Waals surface area (Å²) >= 11 is 0. The van der Waals surface area contributed by atoms with E-state index in [1.807, 2.05) is 0 Å². The van der Waals surface area contributed by atoms with E-state index in [1.165, 1.54) is 96.9 Å². The molecule has 264 valence electrons. The van der Waals surface area contributed by atoms with E-state index in [1.54, 1.807) is 0 Å². The Morgan fingerprint density at radius 2 is 0.929 bits per heavy atom. The van der Waals surface area contributed by atoms with Gasteiger partial charge in [-0.05, 0) is 116 Å². The fourth-order valence-corrected chi connectivity index (χ4v) is 4.70. The van der Waals surface area contributed by atoms with Crippen LogP contribution in [-0.2, 0) is 0 Å². The molecule has 3 nitrogen and oxygen atoms in total. The van der Waals surface area contributed by atoms with E-state index in [2.05, 4.69) is 133 Å². The molecule has 42 heavy (non-hydrogen) atoms. The van der Waals surface area contributed by atoms with Crippen molar-refractivity contribution in [3.8, 4) is 0 Å². The van der Waals surface area contributed by atoms with Gasteiger partial charge in [-0.25, -0.2) is 0 Å². The lowest BCUT2D eigenvalue weighted by Gasteiger charge is -2.28. The van der Waals surface area contributed by atoms with Gasteiger partial charge in [0.25, 0.3) is 0 Å². The Morgan fingerprint density at radius 1 is 0.524 bits per heavy atom. The highest BCUT2D eigenvalue weighted by Crippen LogP contribution is 2.33. The van der Waals surface area contributed by atoms with Crippen molar-refractivity contribution in [2.45, 2.75) is 169 Å². The van der Waals surface area contributed by atoms with Crippen molar-refractivity contribution in [2.24, 2.45) is 29.1 Å². The summed E-state index contributed by atoms with van der Waals surface area (Å²) < 4.78 is 0. The molecule has 0 aromatic carbocycles. The molecule has 0 amide bonds. The van der Waals surface area contributed by atoms with E-state index in [4.69, 9.17) is 0 Å². The fourth-order valence-electron chi connectivity index (χ4n) is 4.70. The van der Waals surface area contributed by atoms with Gasteiger partial charge in [0.05, 0.1) is 0 Å². The Hall–Kier alpha value is -0.120. The molecule has 0 fully saturated rings. The van der Waals surface area contributed by atoms with Crippen LogP contribution in [0.4, 0.5) is 0 Å². The molecule has 0 N–H and O–H groups in total. The predicted molar refractivity (Wildman–Crippen MR) is 203 cm³/mol. The van der Waals surface area contributed by atoms with Gasteiger partial charge in [-0.2, -0.15) is 0 Å². The van der Waals surface area contributed by atoms with Gasteiger partial charge in [0.15, 0.2) is 0 Å². The standard InChI is InChI=1S/C13H28.C11H25N.C7H17N.C6H15N.2CH4/c1-6-12(7-2)10-11-13(5,8-3)9-4;1-5-11(6-2)9-10-12(7-3)8-4;1-7(2)5-6-8(3)4;1-6(2)5-7(3)4;;/h12H,6-11H2,1-5H3;11H,5-10H2,1-4H3;7H,5-6H2,1-4H3;6H,5H2,1-4H3;2*1H4. The second kappa shape index (κ2) is 37.1. The molecule has 0 aliphatic carbocycles. The van der Waals surface area contributed by atoms with Crippen LogP contribution in [0.25, 0.3) is 0 Å². The highest BCUT2D eigenvalue weighted by atomic mass is 15.1. The molecule has 0 rings (SSSR count). The van der Waals surface area contributed by atoms with Gasteiger partial charge in [-0.3, -0.25) is 0 Å². The lowest BCUT2D eigenvalue weighted by atomic mass is 9.78. The summed E-state index contributed by atoms with van der Waals surface area (Å²) in [7, 11) is 8.42. The van der Waals surface area contributed by atoms with E-state index in [0.29, 0.717) is 5.41 Å². The smallest absolute Gasteiger partial charge is 0.000172 e. The third-order valence-electron chi connectivity index (χ3n) is 8.80. The third kappa shape index (κ3) is 42.0. The van der Waals surface area contributed by atoms with Crippen LogP contribution in [0.2, 0.25) is 0 Å². The molecule has 0 spiro atoms. The van der Waals surface area contributed by atoms with Crippen molar-refractivity contribution in [1.29, 1.82) is 0 Å². The summed E-state index contributed by atoms with van der Waals surface area (Å²) in [6.07, 6.45) is 13.6. The first-order valence-electron chi connectivity index (χ1n) is 17.7. The molecule has 0 aliphatic heterocycles. The summed E-state index contributed by atoms with van der Waals surface area (Å²) in [5.41, 5.74) is 0.614. The summed E-state index contributed by atoms with van der Waals surface area (Å²) in [6, 6.07) is 0. The summed E-state index contributed by atoms with van der Waals surface area (Å²) in [5.74, 6) is 3.57. The van der Waals surface area contributed by atoms with Gasteiger partial charge in [-0.15, -0.1) is 0 Å². The van der Waals surface area contributed by atoms with Crippen molar-refractivity contribution < 1.29 is 0 Å². The number of nitrogens with zero attached hydrogens (tertiary/aromatic N) is 3. The summed E-state index contributed by atoms with van der Waals surface area (Å²) in [5, 5.41) is 0. The highest BCUT2D eigenvalue weighted by molar-refractivity contribution is 4.72. The molecule has 0 bridgehead atoms. The molecular formula is C39H93N3. The van der Waals surface area contributed by atoms with Crippen molar-refractivity contribution in [1.82, 2.24) is 14.7 Å². The molecular weight excluding hydrogens is 510 g/mol. The van der Waals surface area contributed by atoms with Crippen molar-refractivity contribution in [3.63, 3.8) is 0 Å². The first-order valence-corrected chi connectivity index (χ1v) is 17.7. The monoisotopic (exact) mass is 604 g/mol. The molecule has 0 radical (unpaired) electrons. The second-order valence-electron chi connectivity index (χ2n) is 13.9. The highest BCUT2D eigenvalue weighted by Gasteiger charge is 2.20. The van der Waals surface area contributed by atoms with Gasteiger partial charge in [-0.1, -0.05) is 143 Å². The van der Waals surface area contributed by atoms with Crippen LogP contribution in [0.15, 0.2) is 0 Å². The van der Waals surface area contributed by atoms with Crippen LogP contribution in [0, 0.1) is 29.1 Å². The minimum Gasteiger partial charge on any atom is -0.309 e. The SMILES string of the molecule is C.C.CC(C)CCN(C)C.CC(C)CN(C)C.CCC(CC)CCC(C)(CC)CC.CCC(CC)CCN(CC)CC. The Morgan fingerprint density at radius 3 is 1.14 bits per heavy atom. The first kappa shape index (κ1) is 54.4. The van der Waals surface area contributed by atoms with E-state index >= 15 is 0 Å². The largest absolute Gasteiger partial charge is 0.309 e. The quantitative estimate of drug-likeness (QED) is 0.145. The minimum atomic E-state index is 0. The van der Waals surface area contributed by atoms with Gasteiger partial charge >= 0.3 is 0 Å². The average molecular weight is 604 g/mol. The van der Waals surface area contributed by atoms with E-state index in [0.717, 1.165) is 23.7 Å². The fraction of sp³-hybridized carbons (Fsp3) is 1.00. The topological polar surface area (TPSA) is 9.72 Å². The number of rotatable bonds is 19. The molecule has 0 atom stereocenters. The van der Waals surface area contributed by atoms with Crippen molar-refractivity contribution in [3.05, 3.63) is 0 Å². The lowest BCUT2D eigenvalue weighted by molar-refractivity contribution is 0.240. The van der Waals surface area contributed by atoms with E-state index in [9.17, 15) is 0 Å². The maximum absolute atomic E-state index is 2.51. The Balaban J connectivity index is -0.000000104. The Bertz CT molecular complexity index is 417. The van der Waals surface area contributed by atoms with Gasteiger partial charge < -0.3 is 14.7 Å². The van der Waals surface area contributed by atoms with Crippen LogP contribution < -0.4 is 0 Å². The third-order valence-corrected chi connectivity index (χ3v) is 8.80. The molecule has 0 aromatic heterocycles. The second-order valence-corrected chi connectivity index (χ2v) is 13.9. The number of hydrogen-bond acceptors (Lipinski definition) is 3. The Kier molecular flexibility index (Phi) is 48.0. The summed E-state index contributed by atoms with van der Waals surface area (Å²) in [4.78, 5) is 6.93. The molecule has 0 saturated heterocycles. The number of hydrogen-bond donors (Lipinski definition) is 0. The molecule has 0 unspecified atom stereocenters. The maximum Gasteiger partial charge on any atom is -0.000172 e. The van der Waals surface area contributed by atoms with Crippen molar-refractivity contribution >= 4 is 0 Å². The van der Waals surface area contributed by atoms with Gasteiger partial charge in [0, 0.05) is 0 Å². The van der Waals surface area contributed by atoms with Crippen LogP contribution in [-0.4, -0.2) is 75.6 Å². The Labute approximate surface area is 273 Å². The van der Waals surface area contributed by atoms with Crippen molar-refractivity contribution in [2.75, 3.05) is 60.9 Å². The zero-order valence-electron chi connectivity index (χ0n) is 31.8. The normalized spacial score (nSPS) is 11.1. The minimum absolute atomic E-state index is 0. The van der Waals surface area contributed by atoms with Gasteiger partial charge in [0.1, 0.15) is 0 Å². The zero-order chi connectivity index (χ0) is 32.1. The first-order chi connectivity index (χ1) is 18.6. The van der Waals surface area contributed by atoms with Crippen LogP contribution in [0.3, 0.4) is 0 Å². The van der Waals surface area contributed by atoms with Crippen LogP contribution in [0.5, 0.6) is 0 Å². The lowest BCUT2D eigenvalue weighted by Crippen LogP contribution is -2.25. The predicted octanol–water partition coefficient (Wildman–Crippen LogP) is 12.3. The molecule has 0 aromatic rings. The maximum atomic E-state index is 2.51. The zero-order valence-corrected chi connectivity index (χ0v) is 31.8. The average Bonchev–Trinajstić information content (AvgIpc) is 2.91.